The molecule has 2 aromatic rings. The van der Waals surface area contributed by atoms with Gasteiger partial charge in [0.2, 0.25) is 0 Å². The fourth-order valence-corrected chi connectivity index (χ4v) is 4.17. The number of rotatable bonds is 5. The van der Waals surface area contributed by atoms with Crippen molar-refractivity contribution >= 4 is 43.0 Å². The maximum atomic E-state index is 13.7. The molecule has 4 nitrogen and oxygen atoms in total. The summed E-state index contributed by atoms with van der Waals surface area (Å²) in [5.74, 6) is -0.630. The fourth-order valence-electron chi connectivity index (χ4n) is 1.56. The SMILES string of the molecule is CNCc1csc(S(=O)(=O)Nc2ccc(Br)cc2F)c1. The van der Waals surface area contributed by atoms with Crippen molar-refractivity contribution < 1.29 is 12.8 Å². The van der Waals surface area contributed by atoms with Crippen molar-refractivity contribution in [2.75, 3.05) is 11.8 Å². The summed E-state index contributed by atoms with van der Waals surface area (Å²) in [6.45, 7) is 0.582. The van der Waals surface area contributed by atoms with Gasteiger partial charge in [0.05, 0.1) is 5.69 Å². The Labute approximate surface area is 129 Å². The van der Waals surface area contributed by atoms with Gasteiger partial charge in [-0.2, -0.15) is 0 Å². The molecule has 0 saturated carbocycles. The molecule has 20 heavy (non-hydrogen) atoms. The minimum Gasteiger partial charge on any atom is -0.316 e. The van der Waals surface area contributed by atoms with E-state index in [9.17, 15) is 12.8 Å². The quantitative estimate of drug-likeness (QED) is 0.839. The Morgan fingerprint density at radius 3 is 2.75 bits per heavy atom. The molecule has 0 unspecified atom stereocenters. The summed E-state index contributed by atoms with van der Waals surface area (Å²) in [6, 6.07) is 5.72. The molecule has 0 aliphatic rings. The highest BCUT2D eigenvalue weighted by atomic mass is 79.9. The average Bonchev–Trinajstić information content (AvgIpc) is 2.83. The van der Waals surface area contributed by atoms with Crippen molar-refractivity contribution in [3.63, 3.8) is 0 Å². The van der Waals surface area contributed by atoms with Crippen LogP contribution in [0.15, 0.2) is 38.3 Å². The van der Waals surface area contributed by atoms with E-state index < -0.39 is 15.8 Å². The van der Waals surface area contributed by atoms with E-state index >= 15 is 0 Å². The largest absolute Gasteiger partial charge is 0.316 e. The number of thiophene rings is 1. The molecular formula is C12H12BrFN2O2S2. The van der Waals surface area contributed by atoms with Crippen molar-refractivity contribution in [1.29, 1.82) is 0 Å². The zero-order chi connectivity index (χ0) is 14.8. The van der Waals surface area contributed by atoms with Gasteiger partial charge in [0.1, 0.15) is 10.0 Å². The molecule has 0 amide bonds. The van der Waals surface area contributed by atoms with E-state index in [0.717, 1.165) is 16.9 Å². The Morgan fingerprint density at radius 1 is 1.35 bits per heavy atom. The standard InChI is InChI=1S/C12H12BrFN2O2S2/c1-15-6-8-4-12(19-7-8)20(17,18)16-11-3-2-9(13)5-10(11)14/h2-5,7,15-16H,6H2,1H3. The van der Waals surface area contributed by atoms with E-state index in [4.69, 9.17) is 0 Å². The van der Waals surface area contributed by atoms with Crippen LogP contribution in [0.2, 0.25) is 0 Å². The van der Waals surface area contributed by atoms with Crippen LogP contribution in [-0.2, 0) is 16.6 Å². The van der Waals surface area contributed by atoms with Gasteiger partial charge in [-0.05, 0) is 42.3 Å². The Hall–Kier alpha value is -0.960. The Bertz CT molecular complexity index is 716. The second-order valence-electron chi connectivity index (χ2n) is 4.03. The number of hydrogen-bond acceptors (Lipinski definition) is 4. The summed E-state index contributed by atoms with van der Waals surface area (Å²) in [7, 11) is -1.98. The maximum Gasteiger partial charge on any atom is 0.271 e. The molecule has 2 N–H and O–H groups in total. The molecular weight excluding hydrogens is 367 g/mol. The predicted octanol–water partition coefficient (Wildman–Crippen LogP) is 3.17. The van der Waals surface area contributed by atoms with Crippen LogP contribution in [0.1, 0.15) is 5.56 Å². The summed E-state index contributed by atoms with van der Waals surface area (Å²) in [4.78, 5) is 0. The van der Waals surface area contributed by atoms with Crippen LogP contribution in [-0.4, -0.2) is 15.5 Å². The molecule has 0 atom stereocenters. The zero-order valence-corrected chi connectivity index (χ0v) is 13.7. The van der Waals surface area contributed by atoms with E-state index in [0.29, 0.717) is 11.0 Å². The van der Waals surface area contributed by atoms with Crippen molar-refractivity contribution in [3.05, 3.63) is 45.5 Å². The molecule has 0 saturated heterocycles. The Balaban J connectivity index is 2.26. The van der Waals surface area contributed by atoms with Crippen molar-refractivity contribution in [2.45, 2.75) is 10.8 Å². The lowest BCUT2D eigenvalue weighted by molar-refractivity contribution is 0.600. The topological polar surface area (TPSA) is 58.2 Å². The zero-order valence-electron chi connectivity index (χ0n) is 10.5. The van der Waals surface area contributed by atoms with E-state index in [1.54, 1.807) is 24.6 Å². The second-order valence-corrected chi connectivity index (χ2v) is 7.77. The normalized spacial score (nSPS) is 11.6. The Morgan fingerprint density at radius 2 is 2.10 bits per heavy atom. The van der Waals surface area contributed by atoms with Crippen molar-refractivity contribution in [1.82, 2.24) is 5.32 Å². The van der Waals surface area contributed by atoms with E-state index in [1.807, 2.05) is 0 Å². The third-order valence-electron chi connectivity index (χ3n) is 2.45. The minimum absolute atomic E-state index is 0.0724. The minimum atomic E-state index is -3.76. The molecule has 1 aromatic carbocycles. The molecule has 2 rings (SSSR count). The first-order valence-electron chi connectivity index (χ1n) is 5.62. The van der Waals surface area contributed by atoms with E-state index in [2.05, 4.69) is 26.0 Å². The second kappa shape index (κ2) is 6.21. The molecule has 0 fully saturated rings. The summed E-state index contributed by atoms with van der Waals surface area (Å²) in [5.41, 5.74) is 0.797. The van der Waals surface area contributed by atoms with Gasteiger partial charge in [0, 0.05) is 11.0 Å². The first-order chi connectivity index (χ1) is 9.42. The van der Waals surface area contributed by atoms with E-state index in [1.165, 1.54) is 12.1 Å². The summed E-state index contributed by atoms with van der Waals surface area (Å²) in [6.07, 6.45) is 0. The molecule has 1 aromatic heterocycles. The molecule has 0 bridgehead atoms. The number of anilines is 1. The van der Waals surface area contributed by atoms with Crippen LogP contribution in [0, 0.1) is 5.82 Å². The van der Waals surface area contributed by atoms with Gasteiger partial charge in [-0.15, -0.1) is 11.3 Å². The van der Waals surface area contributed by atoms with Gasteiger partial charge in [0.15, 0.2) is 0 Å². The number of halogens is 2. The van der Waals surface area contributed by atoms with Gasteiger partial charge in [-0.25, -0.2) is 12.8 Å². The van der Waals surface area contributed by atoms with Gasteiger partial charge in [-0.1, -0.05) is 15.9 Å². The van der Waals surface area contributed by atoms with Crippen LogP contribution >= 0.6 is 27.3 Å². The fraction of sp³-hybridized carbons (Fsp3) is 0.167. The number of nitrogens with one attached hydrogen (secondary N) is 2. The molecule has 1 heterocycles. The first-order valence-corrected chi connectivity index (χ1v) is 8.78. The van der Waals surface area contributed by atoms with Gasteiger partial charge in [0.25, 0.3) is 10.0 Å². The highest BCUT2D eigenvalue weighted by molar-refractivity contribution is 9.10. The lowest BCUT2D eigenvalue weighted by Gasteiger charge is -2.07. The molecule has 0 spiro atoms. The predicted molar refractivity (Wildman–Crippen MR) is 82.0 cm³/mol. The smallest absolute Gasteiger partial charge is 0.271 e. The van der Waals surface area contributed by atoms with Crippen molar-refractivity contribution in [2.24, 2.45) is 0 Å². The highest BCUT2D eigenvalue weighted by Crippen LogP contribution is 2.25. The van der Waals surface area contributed by atoms with Gasteiger partial charge in [-0.3, -0.25) is 4.72 Å². The lowest BCUT2D eigenvalue weighted by atomic mass is 10.3. The van der Waals surface area contributed by atoms with Crippen LogP contribution < -0.4 is 10.0 Å². The molecule has 0 radical (unpaired) electrons. The van der Waals surface area contributed by atoms with E-state index in [-0.39, 0.29) is 9.90 Å². The van der Waals surface area contributed by atoms with Crippen LogP contribution in [0.4, 0.5) is 10.1 Å². The third-order valence-corrected chi connectivity index (χ3v) is 5.80. The highest BCUT2D eigenvalue weighted by Gasteiger charge is 2.18. The summed E-state index contributed by atoms with van der Waals surface area (Å²) < 4.78 is 40.9. The van der Waals surface area contributed by atoms with Gasteiger partial charge >= 0.3 is 0 Å². The monoisotopic (exact) mass is 378 g/mol. The molecule has 0 aliphatic heterocycles. The third kappa shape index (κ3) is 3.57. The Kier molecular flexibility index (Phi) is 4.79. The summed E-state index contributed by atoms with van der Waals surface area (Å²) in [5, 5.41) is 4.69. The average molecular weight is 379 g/mol. The van der Waals surface area contributed by atoms with Crippen LogP contribution in [0.5, 0.6) is 0 Å². The summed E-state index contributed by atoms with van der Waals surface area (Å²) >= 11 is 4.22. The number of sulfonamides is 1. The van der Waals surface area contributed by atoms with Gasteiger partial charge < -0.3 is 5.32 Å². The molecule has 0 aliphatic carbocycles. The van der Waals surface area contributed by atoms with Crippen LogP contribution in [0.25, 0.3) is 0 Å². The molecule has 8 heteroatoms. The first kappa shape index (κ1) is 15.4. The number of hydrogen-bond donors (Lipinski definition) is 2. The lowest BCUT2D eigenvalue weighted by Crippen LogP contribution is -2.12. The maximum absolute atomic E-state index is 13.7. The molecule has 108 valence electrons. The van der Waals surface area contributed by atoms with Crippen LogP contribution in [0.3, 0.4) is 0 Å². The van der Waals surface area contributed by atoms with Crippen molar-refractivity contribution in [3.8, 4) is 0 Å². The number of benzene rings is 1.